The molecule has 0 radical (unpaired) electrons. The van der Waals surface area contributed by atoms with E-state index < -0.39 is 0 Å². The van der Waals surface area contributed by atoms with Crippen LogP contribution in [-0.4, -0.2) is 40.6 Å². The van der Waals surface area contributed by atoms with Crippen LogP contribution >= 0.6 is 0 Å². The molecular formula is C12H16N4O2. The summed E-state index contributed by atoms with van der Waals surface area (Å²) in [5, 5.41) is 4.57. The number of pyridine rings is 1. The lowest BCUT2D eigenvalue weighted by Crippen LogP contribution is -2.39. The number of rotatable bonds is 3. The number of nitrogens with two attached hydrogens (primary N) is 1. The molecule has 1 atom stereocenters. The average Bonchev–Trinajstić information content (AvgIpc) is 2.77. The predicted molar refractivity (Wildman–Crippen MR) is 67.2 cm³/mol. The fraction of sp³-hybridized carbons (Fsp3) is 0.417. The third-order valence-electron chi connectivity index (χ3n) is 3.08. The summed E-state index contributed by atoms with van der Waals surface area (Å²) in [6, 6.07) is 1.73. The van der Waals surface area contributed by atoms with Gasteiger partial charge in [0.1, 0.15) is 0 Å². The summed E-state index contributed by atoms with van der Waals surface area (Å²) >= 11 is 0. The largest absolute Gasteiger partial charge is 0.338 e. The van der Waals surface area contributed by atoms with Gasteiger partial charge in [0.2, 0.25) is 0 Å². The zero-order valence-corrected chi connectivity index (χ0v) is 10.7. The first-order chi connectivity index (χ1) is 8.54. The van der Waals surface area contributed by atoms with Crippen LogP contribution in [0.25, 0.3) is 11.1 Å². The summed E-state index contributed by atoms with van der Waals surface area (Å²) in [5.41, 5.74) is 7.23. The van der Waals surface area contributed by atoms with Crippen molar-refractivity contribution in [1.29, 1.82) is 0 Å². The lowest BCUT2D eigenvalue weighted by atomic mass is 10.1. The fourth-order valence-corrected chi connectivity index (χ4v) is 1.62. The SMILES string of the molecule is Cc1noc2ncc(C(=O)N(C)C(C)CN)cc12. The maximum atomic E-state index is 12.2. The summed E-state index contributed by atoms with van der Waals surface area (Å²) in [5.74, 6) is -0.108. The van der Waals surface area contributed by atoms with Crippen LogP contribution in [0.4, 0.5) is 0 Å². The first-order valence-corrected chi connectivity index (χ1v) is 5.74. The van der Waals surface area contributed by atoms with Crippen molar-refractivity contribution in [3.63, 3.8) is 0 Å². The van der Waals surface area contributed by atoms with Crippen LogP contribution in [0.1, 0.15) is 23.0 Å². The standard InChI is InChI=1S/C12H16N4O2/c1-7(5-13)16(3)12(17)9-4-10-8(2)15-18-11(10)14-6-9/h4,6-7H,5,13H2,1-3H3. The molecule has 2 rings (SSSR count). The Kier molecular flexibility index (Phi) is 3.29. The molecule has 0 bridgehead atoms. The van der Waals surface area contributed by atoms with Gasteiger partial charge in [0, 0.05) is 25.8 Å². The van der Waals surface area contributed by atoms with Gasteiger partial charge in [-0.3, -0.25) is 4.79 Å². The van der Waals surface area contributed by atoms with Gasteiger partial charge >= 0.3 is 0 Å². The normalized spacial score (nSPS) is 12.7. The number of amides is 1. The van der Waals surface area contributed by atoms with Crippen LogP contribution in [0.5, 0.6) is 0 Å². The Labute approximate surface area is 105 Å². The molecule has 1 unspecified atom stereocenters. The van der Waals surface area contributed by atoms with E-state index in [-0.39, 0.29) is 11.9 Å². The zero-order chi connectivity index (χ0) is 13.3. The molecule has 6 nitrogen and oxygen atoms in total. The van der Waals surface area contributed by atoms with Crippen LogP contribution in [0, 0.1) is 6.92 Å². The maximum absolute atomic E-state index is 12.2. The van der Waals surface area contributed by atoms with Crippen LogP contribution in [0.3, 0.4) is 0 Å². The molecule has 2 aromatic rings. The number of aromatic nitrogens is 2. The van der Waals surface area contributed by atoms with Gasteiger partial charge in [-0.25, -0.2) is 4.98 Å². The van der Waals surface area contributed by atoms with Crippen LogP contribution in [0.15, 0.2) is 16.8 Å². The Morgan fingerprint density at radius 1 is 1.61 bits per heavy atom. The number of likely N-dealkylation sites (N-methyl/N-ethyl adjacent to an activating group) is 1. The summed E-state index contributed by atoms with van der Waals surface area (Å²) in [6.07, 6.45) is 1.50. The molecule has 0 aliphatic rings. The van der Waals surface area contributed by atoms with E-state index in [9.17, 15) is 4.79 Å². The average molecular weight is 248 g/mol. The second-order valence-electron chi connectivity index (χ2n) is 4.35. The molecule has 0 aromatic carbocycles. The van der Waals surface area contributed by atoms with Gasteiger partial charge in [0.25, 0.3) is 11.6 Å². The maximum Gasteiger partial charge on any atom is 0.257 e. The minimum absolute atomic E-state index is 0.0169. The third kappa shape index (κ3) is 2.06. The lowest BCUT2D eigenvalue weighted by Gasteiger charge is -2.23. The highest BCUT2D eigenvalue weighted by Gasteiger charge is 2.18. The minimum Gasteiger partial charge on any atom is -0.338 e. The summed E-state index contributed by atoms with van der Waals surface area (Å²) in [4.78, 5) is 17.9. The van der Waals surface area contributed by atoms with Gasteiger partial charge in [-0.2, -0.15) is 0 Å². The number of carbonyl (C=O) groups is 1. The van der Waals surface area contributed by atoms with Gasteiger partial charge in [-0.15, -0.1) is 0 Å². The molecule has 18 heavy (non-hydrogen) atoms. The van der Waals surface area contributed by atoms with Crippen molar-refractivity contribution in [2.75, 3.05) is 13.6 Å². The second-order valence-corrected chi connectivity index (χ2v) is 4.35. The highest BCUT2D eigenvalue weighted by molar-refractivity contribution is 5.97. The molecule has 0 spiro atoms. The monoisotopic (exact) mass is 248 g/mol. The highest BCUT2D eigenvalue weighted by atomic mass is 16.5. The number of hydrogen-bond donors (Lipinski definition) is 1. The molecule has 96 valence electrons. The molecule has 6 heteroatoms. The molecule has 1 amide bonds. The summed E-state index contributed by atoms with van der Waals surface area (Å²) < 4.78 is 5.01. The summed E-state index contributed by atoms with van der Waals surface area (Å²) in [6.45, 7) is 4.13. The Hall–Kier alpha value is -1.95. The minimum atomic E-state index is -0.108. The zero-order valence-electron chi connectivity index (χ0n) is 10.7. The number of fused-ring (bicyclic) bond motifs is 1. The topological polar surface area (TPSA) is 85.2 Å². The molecule has 0 aliphatic heterocycles. The molecule has 0 saturated heterocycles. The van der Waals surface area contributed by atoms with Crippen molar-refractivity contribution >= 4 is 17.0 Å². The first-order valence-electron chi connectivity index (χ1n) is 5.74. The molecule has 0 fully saturated rings. The number of carbonyl (C=O) groups excluding carboxylic acids is 1. The Bertz CT molecular complexity index is 578. The van der Waals surface area contributed by atoms with E-state index in [4.69, 9.17) is 10.3 Å². The van der Waals surface area contributed by atoms with Crippen molar-refractivity contribution < 1.29 is 9.32 Å². The predicted octanol–water partition coefficient (Wildman–Crippen LogP) is 0.950. The van der Waals surface area contributed by atoms with E-state index in [1.165, 1.54) is 6.20 Å². The van der Waals surface area contributed by atoms with Crippen LogP contribution < -0.4 is 5.73 Å². The smallest absolute Gasteiger partial charge is 0.257 e. The van der Waals surface area contributed by atoms with Crippen molar-refractivity contribution in [3.05, 3.63) is 23.5 Å². The van der Waals surface area contributed by atoms with Gasteiger partial charge in [-0.1, -0.05) is 5.16 Å². The summed E-state index contributed by atoms with van der Waals surface area (Å²) in [7, 11) is 1.73. The molecular weight excluding hydrogens is 232 g/mol. The molecule has 2 aromatic heterocycles. The van der Waals surface area contributed by atoms with E-state index in [0.717, 1.165) is 11.1 Å². The molecule has 2 heterocycles. The Balaban J connectivity index is 2.36. The molecule has 0 aliphatic carbocycles. The number of aryl methyl sites for hydroxylation is 1. The van der Waals surface area contributed by atoms with Crippen molar-refractivity contribution in [3.8, 4) is 0 Å². The van der Waals surface area contributed by atoms with Crippen molar-refractivity contribution in [2.24, 2.45) is 5.73 Å². The van der Waals surface area contributed by atoms with E-state index in [0.29, 0.717) is 17.8 Å². The van der Waals surface area contributed by atoms with Crippen molar-refractivity contribution in [2.45, 2.75) is 19.9 Å². The van der Waals surface area contributed by atoms with E-state index in [2.05, 4.69) is 10.1 Å². The van der Waals surface area contributed by atoms with Gasteiger partial charge in [0.05, 0.1) is 16.6 Å². The fourth-order valence-electron chi connectivity index (χ4n) is 1.62. The first kappa shape index (κ1) is 12.5. The van der Waals surface area contributed by atoms with E-state index >= 15 is 0 Å². The third-order valence-corrected chi connectivity index (χ3v) is 3.08. The molecule has 2 N–H and O–H groups in total. The van der Waals surface area contributed by atoms with Crippen LogP contribution in [0.2, 0.25) is 0 Å². The van der Waals surface area contributed by atoms with Gasteiger partial charge in [-0.05, 0) is 19.9 Å². The Morgan fingerprint density at radius 2 is 2.33 bits per heavy atom. The van der Waals surface area contributed by atoms with Crippen molar-refractivity contribution in [1.82, 2.24) is 15.0 Å². The highest BCUT2D eigenvalue weighted by Crippen LogP contribution is 2.17. The van der Waals surface area contributed by atoms with E-state index in [1.807, 2.05) is 13.8 Å². The van der Waals surface area contributed by atoms with Gasteiger partial charge < -0.3 is 15.2 Å². The van der Waals surface area contributed by atoms with Crippen LogP contribution in [-0.2, 0) is 0 Å². The Morgan fingerprint density at radius 3 is 3.00 bits per heavy atom. The second kappa shape index (κ2) is 4.73. The molecule has 0 saturated carbocycles. The quantitative estimate of drug-likeness (QED) is 0.874. The van der Waals surface area contributed by atoms with Gasteiger partial charge in [0.15, 0.2) is 0 Å². The number of hydrogen-bond acceptors (Lipinski definition) is 5. The van der Waals surface area contributed by atoms with E-state index in [1.54, 1.807) is 18.0 Å². The lowest BCUT2D eigenvalue weighted by molar-refractivity contribution is 0.0748. The number of nitrogens with zero attached hydrogens (tertiary/aromatic N) is 3.